The lowest BCUT2D eigenvalue weighted by molar-refractivity contribution is -0.162. The van der Waals surface area contributed by atoms with Gasteiger partial charge in [0.2, 0.25) is 5.76 Å². The molecule has 9 nitrogen and oxygen atoms in total. The number of hydrogen-bond donors (Lipinski definition) is 3. The van der Waals surface area contributed by atoms with Gasteiger partial charge in [-0.25, -0.2) is 4.79 Å². The number of carbonyl (C=O) groups is 2. The molecule has 1 amide bonds. The smallest absolute Gasteiger partial charge is 0.332 e. The van der Waals surface area contributed by atoms with Crippen LogP contribution in [-0.4, -0.2) is 49.2 Å². The van der Waals surface area contributed by atoms with Crippen molar-refractivity contribution in [3.05, 3.63) is 29.5 Å². The van der Waals surface area contributed by atoms with E-state index in [0.717, 1.165) is 25.7 Å². The molecule has 0 aliphatic heterocycles. The highest BCUT2D eigenvalue weighted by Crippen LogP contribution is 2.33. The first-order chi connectivity index (χ1) is 15.1. The molecule has 1 saturated carbocycles. The molecular weight excluding hydrogens is 414 g/mol. The zero-order valence-electron chi connectivity index (χ0n) is 18.9. The molecule has 1 aromatic carbocycles. The van der Waals surface area contributed by atoms with E-state index in [2.05, 4.69) is 5.32 Å². The third-order valence-electron chi connectivity index (χ3n) is 5.25. The predicted molar refractivity (Wildman–Crippen MR) is 119 cm³/mol. The summed E-state index contributed by atoms with van der Waals surface area (Å²) in [5, 5.41) is 11.8. The number of amidine groups is 1. The molecule has 0 atom stereocenters. The number of ether oxygens (including phenoxy) is 3. The Balaban J connectivity index is 1.57. The van der Waals surface area contributed by atoms with E-state index >= 15 is 0 Å². The van der Waals surface area contributed by atoms with Crippen molar-refractivity contribution in [1.29, 1.82) is 5.41 Å². The van der Waals surface area contributed by atoms with Crippen LogP contribution in [0.5, 0.6) is 5.95 Å². The van der Waals surface area contributed by atoms with E-state index in [1.165, 1.54) is 7.11 Å². The van der Waals surface area contributed by atoms with E-state index in [1.54, 1.807) is 18.2 Å². The number of nitrogens with two attached hydrogens (primary N) is 1. The number of amides is 1. The Morgan fingerprint density at radius 2 is 1.88 bits per heavy atom. The van der Waals surface area contributed by atoms with Gasteiger partial charge in [0, 0.05) is 17.0 Å². The van der Waals surface area contributed by atoms with Crippen LogP contribution in [0.4, 0.5) is 0 Å². The number of methoxy groups -OCH3 is 1. The van der Waals surface area contributed by atoms with Crippen molar-refractivity contribution < 1.29 is 28.2 Å². The number of rotatable bonds is 7. The van der Waals surface area contributed by atoms with Crippen LogP contribution in [0.25, 0.3) is 10.8 Å². The Kier molecular flexibility index (Phi) is 7.08. The Bertz CT molecular complexity index is 999. The fourth-order valence-corrected chi connectivity index (χ4v) is 3.78. The predicted octanol–water partition coefficient (Wildman–Crippen LogP) is 3.12. The summed E-state index contributed by atoms with van der Waals surface area (Å²) >= 11 is 0. The Hall–Kier alpha value is -3.07. The van der Waals surface area contributed by atoms with Crippen molar-refractivity contribution in [2.75, 3.05) is 13.7 Å². The summed E-state index contributed by atoms with van der Waals surface area (Å²) in [6, 6.07) is 5.02. The van der Waals surface area contributed by atoms with E-state index in [-0.39, 0.29) is 48.2 Å². The molecule has 1 aromatic heterocycles. The number of furan rings is 1. The molecular formula is C23H31N3O6. The summed E-state index contributed by atoms with van der Waals surface area (Å²) in [5.74, 6) is -0.416. The minimum Gasteiger partial charge on any atom is -0.468 e. The minimum absolute atomic E-state index is 0.0217. The first-order valence-corrected chi connectivity index (χ1v) is 10.7. The molecule has 1 fully saturated rings. The molecule has 0 spiro atoms. The summed E-state index contributed by atoms with van der Waals surface area (Å²) in [6.45, 7) is 5.38. The molecule has 2 aromatic rings. The lowest BCUT2D eigenvalue weighted by atomic mass is 9.93. The largest absolute Gasteiger partial charge is 0.468 e. The van der Waals surface area contributed by atoms with E-state index in [9.17, 15) is 9.59 Å². The molecule has 1 aliphatic rings. The molecule has 0 saturated heterocycles. The molecule has 3 rings (SSSR count). The Labute approximate surface area is 187 Å². The highest BCUT2D eigenvalue weighted by atomic mass is 16.6. The van der Waals surface area contributed by atoms with Gasteiger partial charge in [-0.3, -0.25) is 10.2 Å². The van der Waals surface area contributed by atoms with E-state index in [4.69, 9.17) is 29.8 Å². The second-order valence-electron chi connectivity index (χ2n) is 8.94. The maximum absolute atomic E-state index is 12.9. The van der Waals surface area contributed by atoms with Gasteiger partial charge in [0.25, 0.3) is 11.9 Å². The molecule has 0 bridgehead atoms. The zero-order valence-corrected chi connectivity index (χ0v) is 18.9. The topological polar surface area (TPSA) is 137 Å². The molecule has 32 heavy (non-hydrogen) atoms. The van der Waals surface area contributed by atoms with Crippen LogP contribution >= 0.6 is 0 Å². The summed E-state index contributed by atoms with van der Waals surface area (Å²) in [7, 11) is 1.46. The van der Waals surface area contributed by atoms with Crippen molar-refractivity contribution in [3.63, 3.8) is 0 Å². The summed E-state index contributed by atoms with van der Waals surface area (Å²) in [4.78, 5) is 24.7. The average molecular weight is 446 g/mol. The number of hydrogen-bond acceptors (Lipinski definition) is 7. The van der Waals surface area contributed by atoms with Crippen molar-refractivity contribution >= 4 is 28.5 Å². The van der Waals surface area contributed by atoms with Gasteiger partial charge >= 0.3 is 5.97 Å². The van der Waals surface area contributed by atoms with Gasteiger partial charge in [0.15, 0.2) is 0 Å². The van der Waals surface area contributed by atoms with Crippen LogP contribution in [0.2, 0.25) is 0 Å². The van der Waals surface area contributed by atoms with E-state index in [1.807, 2.05) is 20.8 Å². The maximum atomic E-state index is 12.9. The van der Waals surface area contributed by atoms with Gasteiger partial charge in [-0.05, 0) is 58.6 Å². The summed E-state index contributed by atoms with van der Waals surface area (Å²) < 4.78 is 21.9. The third kappa shape index (κ3) is 5.79. The molecule has 1 heterocycles. The minimum atomic E-state index is -0.533. The van der Waals surface area contributed by atoms with Crippen LogP contribution in [0, 0.1) is 5.41 Å². The Morgan fingerprint density at radius 3 is 2.47 bits per heavy atom. The number of carbonyl (C=O) groups excluding carboxylic acids is 2. The standard InChI is InChI=1S/C23H31N3O6/c1-23(2,3)32-18(27)12-30-15-8-6-14(7-9-15)26-21(28)19-16-10-5-13(20(24)25)11-17(16)22(29-4)31-19/h5,10-11,14-15H,6-9,12H2,1-4H3,(H3,24,25)(H,26,28). The molecule has 0 radical (unpaired) electrons. The number of benzene rings is 1. The lowest BCUT2D eigenvalue weighted by Crippen LogP contribution is -2.39. The van der Waals surface area contributed by atoms with E-state index in [0.29, 0.717) is 16.3 Å². The summed E-state index contributed by atoms with van der Waals surface area (Å²) in [6.07, 6.45) is 2.89. The number of fused-ring (bicyclic) bond motifs is 1. The van der Waals surface area contributed by atoms with Gasteiger partial charge in [-0.2, -0.15) is 0 Å². The van der Waals surface area contributed by atoms with Crippen molar-refractivity contribution in [1.82, 2.24) is 5.32 Å². The Morgan fingerprint density at radius 1 is 1.19 bits per heavy atom. The fraction of sp³-hybridized carbons (Fsp3) is 0.522. The first-order valence-electron chi connectivity index (χ1n) is 10.7. The zero-order chi connectivity index (χ0) is 23.5. The monoisotopic (exact) mass is 445 g/mol. The van der Waals surface area contributed by atoms with Crippen LogP contribution in [0.15, 0.2) is 22.6 Å². The average Bonchev–Trinajstić information content (AvgIpc) is 3.10. The van der Waals surface area contributed by atoms with Crippen molar-refractivity contribution in [2.24, 2.45) is 5.73 Å². The van der Waals surface area contributed by atoms with Crippen LogP contribution in [-0.2, 0) is 14.3 Å². The molecule has 0 unspecified atom stereocenters. The highest BCUT2D eigenvalue weighted by Gasteiger charge is 2.27. The highest BCUT2D eigenvalue weighted by molar-refractivity contribution is 6.08. The first kappa shape index (κ1) is 23.6. The van der Waals surface area contributed by atoms with Gasteiger partial charge < -0.3 is 29.7 Å². The van der Waals surface area contributed by atoms with Crippen molar-refractivity contribution in [3.8, 4) is 5.95 Å². The lowest BCUT2D eigenvalue weighted by Gasteiger charge is -2.29. The SMILES string of the molecule is COc1oc(C(=O)NC2CCC(OCC(=O)OC(C)(C)C)CC2)c2ccc(C(=N)N)cc12. The quantitative estimate of drug-likeness (QED) is 0.338. The summed E-state index contributed by atoms with van der Waals surface area (Å²) in [5.41, 5.74) is 5.55. The van der Waals surface area contributed by atoms with Crippen LogP contribution in [0.3, 0.4) is 0 Å². The van der Waals surface area contributed by atoms with Gasteiger partial charge in [0.1, 0.15) is 18.0 Å². The number of nitrogen functional groups attached to an aromatic ring is 1. The second-order valence-corrected chi connectivity index (χ2v) is 8.94. The van der Waals surface area contributed by atoms with Crippen LogP contribution in [0.1, 0.15) is 62.6 Å². The second kappa shape index (κ2) is 9.60. The van der Waals surface area contributed by atoms with Gasteiger partial charge in [0.05, 0.1) is 18.6 Å². The van der Waals surface area contributed by atoms with Gasteiger partial charge in [-0.15, -0.1) is 0 Å². The normalized spacial score (nSPS) is 18.9. The number of esters is 1. The maximum Gasteiger partial charge on any atom is 0.332 e. The van der Waals surface area contributed by atoms with Crippen LogP contribution < -0.4 is 15.8 Å². The molecule has 4 N–H and O–H groups in total. The fourth-order valence-electron chi connectivity index (χ4n) is 3.78. The molecule has 174 valence electrons. The molecule has 9 heteroatoms. The number of nitrogens with one attached hydrogen (secondary N) is 2. The van der Waals surface area contributed by atoms with Crippen molar-refractivity contribution in [2.45, 2.75) is 64.2 Å². The van der Waals surface area contributed by atoms with E-state index < -0.39 is 5.60 Å². The molecule has 1 aliphatic carbocycles. The third-order valence-corrected chi connectivity index (χ3v) is 5.25. The van der Waals surface area contributed by atoms with Gasteiger partial charge in [-0.1, -0.05) is 6.07 Å².